The van der Waals surface area contributed by atoms with Gasteiger partial charge in [-0.25, -0.2) is 0 Å². The number of hydrogen-bond acceptors (Lipinski definition) is 3. The van der Waals surface area contributed by atoms with Crippen LogP contribution >= 0.6 is 0 Å². The van der Waals surface area contributed by atoms with Crippen molar-refractivity contribution in [1.82, 2.24) is 4.90 Å². The number of hydrogen-bond donors (Lipinski definition) is 1. The normalized spacial score (nSPS) is 10.9. The van der Waals surface area contributed by atoms with Gasteiger partial charge in [0.25, 0.3) is 0 Å². The first-order valence-electron chi connectivity index (χ1n) is 8.41. The number of para-hydroxylation sites is 2. The van der Waals surface area contributed by atoms with Gasteiger partial charge in [-0.2, -0.15) is 0 Å². The van der Waals surface area contributed by atoms with Gasteiger partial charge in [0.2, 0.25) is 0 Å². The van der Waals surface area contributed by atoms with E-state index in [1.54, 1.807) is 7.11 Å². The predicted octanol–water partition coefficient (Wildman–Crippen LogP) is 4.40. The van der Waals surface area contributed by atoms with Gasteiger partial charge in [0.05, 0.1) is 12.8 Å². The van der Waals surface area contributed by atoms with Gasteiger partial charge < -0.3 is 15.0 Å². The van der Waals surface area contributed by atoms with Gasteiger partial charge in [0.1, 0.15) is 5.75 Å². The first-order chi connectivity index (χ1) is 10.3. The van der Waals surface area contributed by atoms with Gasteiger partial charge in [-0.05, 0) is 51.0 Å². The third-order valence-electron chi connectivity index (χ3n) is 3.73. The zero-order valence-corrected chi connectivity index (χ0v) is 14.0. The molecule has 0 atom stereocenters. The first-order valence-corrected chi connectivity index (χ1v) is 8.41. The van der Waals surface area contributed by atoms with Crippen LogP contribution in [-0.2, 0) is 0 Å². The maximum atomic E-state index is 5.36. The van der Waals surface area contributed by atoms with Gasteiger partial charge in [-0.15, -0.1) is 0 Å². The van der Waals surface area contributed by atoms with Crippen molar-refractivity contribution in [3.8, 4) is 5.75 Å². The minimum absolute atomic E-state index is 0.923. The largest absolute Gasteiger partial charge is 0.495 e. The van der Waals surface area contributed by atoms with Gasteiger partial charge in [-0.3, -0.25) is 0 Å². The molecule has 0 spiro atoms. The Hall–Kier alpha value is -1.22. The lowest BCUT2D eigenvalue weighted by Gasteiger charge is -2.22. The molecule has 0 saturated carbocycles. The van der Waals surface area contributed by atoms with Crippen molar-refractivity contribution in [1.29, 1.82) is 0 Å². The van der Waals surface area contributed by atoms with Crippen molar-refractivity contribution in [3.05, 3.63) is 24.3 Å². The van der Waals surface area contributed by atoms with Crippen LogP contribution in [0.2, 0.25) is 0 Å². The lowest BCUT2D eigenvalue weighted by molar-refractivity contribution is 0.264. The Balaban J connectivity index is 2.29. The molecule has 0 heterocycles. The summed E-state index contributed by atoms with van der Waals surface area (Å²) in [5, 5.41) is 3.48. The zero-order chi connectivity index (χ0) is 15.3. The average molecular weight is 292 g/mol. The summed E-state index contributed by atoms with van der Waals surface area (Å²) in [7, 11) is 1.72. The number of anilines is 1. The number of nitrogens with one attached hydrogen (secondary N) is 1. The molecular formula is C18H32N2O. The number of unbranched alkanes of at least 4 members (excludes halogenated alkanes) is 2. The second-order valence-electron chi connectivity index (χ2n) is 5.53. The highest BCUT2D eigenvalue weighted by Gasteiger charge is 2.04. The van der Waals surface area contributed by atoms with Crippen LogP contribution in [0.5, 0.6) is 5.75 Å². The van der Waals surface area contributed by atoms with Gasteiger partial charge >= 0.3 is 0 Å². The number of ether oxygens (including phenoxy) is 1. The Morgan fingerprint density at radius 3 is 2.19 bits per heavy atom. The molecule has 1 rings (SSSR count). The fraction of sp³-hybridized carbons (Fsp3) is 0.667. The lowest BCUT2D eigenvalue weighted by atomic mass is 10.2. The summed E-state index contributed by atoms with van der Waals surface area (Å²) in [5.41, 5.74) is 1.09. The maximum Gasteiger partial charge on any atom is 0.141 e. The van der Waals surface area contributed by atoms with Crippen molar-refractivity contribution >= 4 is 5.69 Å². The minimum Gasteiger partial charge on any atom is -0.495 e. The standard InChI is InChI=1S/C18H32N2O/c1-4-6-14-20(15-7-5-2)16-10-13-19-17-11-8-9-12-18(17)21-3/h8-9,11-12,19H,4-7,10,13-16H2,1-3H3. The molecule has 21 heavy (non-hydrogen) atoms. The molecule has 0 amide bonds. The number of benzene rings is 1. The number of methoxy groups -OCH3 is 1. The third-order valence-corrected chi connectivity index (χ3v) is 3.73. The molecule has 0 bridgehead atoms. The summed E-state index contributed by atoms with van der Waals surface area (Å²) in [5.74, 6) is 0.923. The van der Waals surface area contributed by atoms with Crippen molar-refractivity contribution in [2.24, 2.45) is 0 Å². The van der Waals surface area contributed by atoms with Gasteiger partial charge in [0.15, 0.2) is 0 Å². The lowest BCUT2D eigenvalue weighted by Crippen LogP contribution is -2.28. The minimum atomic E-state index is 0.923. The van der Waals surface area contributed by atoms with Crippen LogP contribution in [-0.4, -0.2) is 38.2 Å². The van der Waals surface area contributed by atoms with Crippen molar-refractivity contribution < 1.29 is 4.74 Å². The van der Waals surface area contributed by atoms with Crippen LogP contribution in [0.25, 0.3) is 0 Å². The Morgan fingerprint density at radius 2 is 1.57 bits per heavy atom. The van der Waals surface area contributed by atoms with Gasteiger partial charge in [-0.1, -0.05) is 38.8 Å². The number of rotatable bonds is 12. The molecule has 0 unspecified atom stereocenters. The van der Waals surface area contributed by atoms with Crippen LogP contribution in [0, 0.1) is 0 Å². The van der Waals surface area contributed by atoms with Crippen LogP contribution in [0.4, 0.5) is 5.69 Å². The molecule has 1 N–H and O–H groups in total. The van der Waals surface area contributed by atoms with Crippen LogP contribution in [0.15, 0.2) is 24.3 Å². The molecule has 0 radical (unpaired) electrons. The van der Waals surface area contributed by atoms with Crippen molar-refractivity contribution in [3.63, 3.8) is 0 Å². The second-order valence-corrected chi connectivity index (χ2v) is 5.53. The van der Waals surface area contributed by atoms with E-state index in [-0.39, 0.29) is 0 Å². The van der Waals surface area contributed by atoms with E-state index in [0.29, 0.717) is 0 Å². The summed E-state index contributed by atoms with van der Waals surface area (Å²) in [6.07, 6.45) is 6.35. The van der Waals surface area contributed by atoms with E-state index in [4.69, 9.17) is 4.74 Å². The van der Waals surface area contributed by atoms with E-state index in [1.807, 2.05) is 18.2 Å². The van der Waals surface area contributed by atoms with E-state index in [9.17, 15) is 0 Å². The summed E-state index contributed by atoms with van der Waals surface area (Å²) >= 11 is 0. The Kier molecular flexibility index (Phi) is 9.71. The molecule has 0 aliphatic carbocycles. The summed E-state index contributed by atoms with van der Waals surface area (Å²) in [6.45, 7) is 9.19. The Morgan fingerprint density at radius 1 is 0.952 bits per heavy atom. The molecule has 0 aliphatic heterocycles. The highest BCUT2D eigenvalue weighted by Crippen LogP contribution is 2.22. The van der Waals surface area contributed by atoms with Crippen molar-refractivity contribution in [2.45, 2.75) is 46.0 Å². The van der Waals surface area contributed by atoms with Crippen LogP contribution in [0.3, 0.4) is 0 Å². The fourth-order valence-electron chi connectivity index (χ4n) is 2.42. The molecule has 1 aromatic rings. The summed E-state index contributed by atoms with van der Waals surface area (Å²) < 4.78 is 5.36. The first kappa shape index (κ1) is 17.8. The van der Waals surface area contributed by atoms with E-state index < -0.39 is 0 Å². The molecule has 0 fully saturated rings. The molecule has 0 aromatic heterocycles. The van der Waals surface area contributed by atoms with Crippen molar-refractivity contribution in [2.75, 3.05) is 38.6 Å². The molecule has 0 aliphatic rings. The van der Waals surface area contributed by atoms with E-state index >= 15 is 0 Å². The molecule has 3 heteroatoms. The molecule has 120 valence electrons. The third kappa shape index (κ3) is 7.37. The quantitative estimate of drug-likeness (QED) is 0.578. The molecular weight excluding hydrogens is 260 g/mol. The fourth-order valence-corrected chi connectivity index (χ4v) is 2.42. The molecule has 1 aromatic carbocycles. The predicted molar refractivity (Wildman–Crippen MR) is 92.4 cm³/mol. The van der Waals surface area contributed by atoms with E-state index in [0.717, 1.165) is 18.0 Å². The SMILES string of the molecule is CCCCN(CCCC)CCCNc1ccccc1OC. The van der Waals surface area contributed by atoms with Crippen LogP contribution in [0.1, 0.15) is 46.0 Å². The monoisotopic (exact) mass is 292 g/mol. The zero-order valence-electron chi connectivity index (χ0n) is 14.0. The Labute approximate surface area is 130 Å². The van der Waals surface area contributed by atoms with Gasteiger partial charge in [0, 0.05) is 6.54 Å². The average Bonchev–Trinajstić information content (AvgIpc) is 2.53. The number of nitrogens with zero attached hydrogens (tertiary/aromatic N) is 1. The second kappa shape index (κ2) is 11.4. The Bertz CT molecular complexity index is 360. The summed E-state index contributed by atoms with van der Waals surface area (Å²) in [4.78, 5) is 2.61. The van der Waals surface area contributed by atoms with E-state index in [2.05, 4.69) is 30.1 Å². The molecule has 3 nitrogen and oxygen atoms in total. The van der Waals surface area contributed by atoms with Crippen LogP contribution < -0.4 is 10.1 Å². The maximum absolute atomic E-state index is 5.36. The smallest absolute Gasteiger partial charge is 0.141 e. The molecule has 0 saturated heterocycles. The van der Waals surface area contributed by atoms with E-state index in [1.165, 1.54) is 51.7 Å². The summed E-state index contributed by atoms with van der Waals surface area (Å²) in [6, 6.07) is 8.11. The topological polar surface area (TPSA) is 24.5 Å². The highest BCUT2D eigenvalue weighted by molar-refractivity contribution is 5.55. The highest BCUT2D eigenvalue weighted by atomic mass is 16.5.